The molecule has 0 saturated heterocycles. The van der Waals surface area contributed by atoms with Crippen molar-refractivity contribution in [2.45, 2.75) is 6.92 Å². The minimum Gasteiger partial charge on any atom is -0.496 e. The monoisotopic (exact) mass is 214 g/mol. The van der Waals surface area contributed by atoms with Crippen molar-refractivity contribution in [1.29, 1.82) is 0 Å². The van der Waals surface area contributed by atoms with E-state index in [1.165, 1.54) is 13.2 Å². The van der Waals surface area contributed by atoms with Gasteiger partial charge in [0.05, 0.1) is 13.7 Å². The first-order valence-electron chi connectivity index (χ1n) is 4.19. The van der Waals surface area contributed by atoms with Gasteiger partial charge in [-0.05, 0) is 25.1 Å². The number of methoxy groups -OCH3 is 1. The SMILES string of the molecule is CCOC(=O)c1cc(Cl)ccc1OC. The van der Waals surface area contributed by atoms with Gasteiger partial charge in [0.25, 0.3) is 0 Å². The summed E-state index contributed by atoms with van der Waals surface area (Å²) in [6.07, 6.45) is 0. The predicted octanol–water partition coefficient (Wildman–Crippen LogP) is 2.53. The molecule has 0 aromatic heterocycles. The molecular weight excluding hydrogens is 204 g/mol. The molecule has 0 unspecified atom stereocenters. The lowest BCUT2D eigenvalue weighted by atomic mass is 10.2. The molecule has 0 fully saturated rings. The zero-order valence-corrected chi connectivity index (χ0v) is 8.80. The number of hydrogen-bond donors (Lipinski definition) is 0. The molecule has 0 bridgehead atoms. The number of hydrogen-bond acceptors (Lipinski definition) is 3. The fourth-order valence-electron chi connectivity index (χ4n) is 1.05. The fourth-order valence-corrected chi connectivity index (χ4v) is 1.22. The Bertz CT molecular complexity index is 336. The molecule has 0 aliphatic heterocycles. The lowest BCUT2D eigenvalue weighted by molar-refractivity contribution is 0.0522. The van der Waals surface area contributed by atoms with Crippen LogP contribution in [-0.4, -0.2) is 19.7 Å². The molecule has 0 amide bonds. The molecular formula is C10H11ClO3. The van der Waals surface area contributed by atoms with E-state index in [0.29, 0.717) is 22.9 Å². The van der Waals surface area contributed by atoms with Gasteiger partial charge in [-0.2, -0.15) is 0 Å². The molecule has 0 radical (unpaired) electrons. The van der Waals surface area contributed by atoms with E-state index in [9.17, 15) is 4.79 Å². The second-order valence-electron chi connectivity index (χ2n) is 2.57. The van der Waals surface area contributed by atoms with Crippen molar-refractivity contribution in [3.05, 3.63) is 28.8 Å². The van der Waals surface area contributed by atoms with Crippen LogP contribution < -0.4 is 4.74 Å². The largest absolute Gasteiger partial charge is 0.496 e. The normalized spacial score (nSPS) is 9.64. The van der Waals surface area contributed by atoms with Crippen LogP contribution in [0.4, 0.5) is 0 Å². The average Bonchev–Trinajstić information content (AvgIpc) is 2.18. The van der Waals surface area contributed by atoms with Gasteiger partial charge in [0, 0.05) is 5.02 Å². The van der Waals surface area contributed by atoms with Gasteiger partial charge in [-0.1, -0.05) is 11.6 Å². The second kappa shape index (κ2) is 4.86. The third-order valence-corrected chi connectivity index (χ3v) is 1.89. The van der Waals surface area contributed by atoms with E-state index in [0.717, 1.165) is 0 Å². The van der Waals surface area contributed by atoms with Gasteiger partial charge in [-0.25, -0.2) is 4.79 Å². The molecule has 1 aromatic rings. The first-order chi connectivity index (χ1) is 6.69. The molecule has 0 saturated carbocycles. The highest BCUT2D eigenvalue weighted by Gasteiger charge is 2.13. The third kappa shape index (κ3) is 2.39. The van der Waals surface area contributed by atoms with Gasteiger partial charge >= 0.3 is 5.97 Å². The zero-order valence-electron chi connectivity index (χ0n) is 8.04. The Hall–Kier alpha value is -1.22. The van der Waals surface area contributed by atoms with Crippen molar-refractivity contribution in [2.75, 3.05) is 13.7 Å². The number of esters is 1. The maximum atomic E-state index is 11.4. The summed E-state index contributed by atoms with van der Waals surface area (Å²) in [5, 5.41) is 0.480. The van der Waals surface area contributed by atoms with Crippen LogP contribution in [-0.2, 0) is 4.74 Å². The Kier molecular flexibility index (Phi) is 3.77. The van der Waals surface area contributed by atoms with E-state index < -0.39 is 5.97 Å². The van der Waals surface area contributed by atoms with Crippen molar-refractivity contribution >= 4 is 17.6 Å². The Labute approximate surface area is 87.6 Å². The van der Waals surface area contributed by atoms with E-state index in [2.05, 4.69) is 0 Å². The second-order valence-corrected chi connectivity index (χ2v) is 3.00. The van der Waals surface area contributed by atoms with Gasteiger partial charge in [0.15, 0.2) is 0 Å². The molecule has 0 aliphatic carbocycles. The highest BCUT2D eigenvalue weighted by Crippen LogP contribution is 2.23. The number of carbonyl (C=O) groups excluding carboxylic acids is 1. The number of benzene rings is 1. The predicted molar refractivity (Wildman–Crippen MR) is 54.0 cm³/mol. The molecule has 0 spiro atoms. The van der Waals surface area contributed by atoms with Crippen molar-refractivity contribution in [2.24, 2.45) is 0 Å². The smallest absolute Gasteiger partial charge is 0.341 e. The summed E-state index contributed by atoms with van der Waals surface area (Å²) >= 11 is 5.75. The minimum absolute atomic E-state index is 0.328. The highest BCUT2D eigenvalue weighted by atomic mass is 35.5. The van der Waals surface area contributed by atoms with Crippen molar-refractivity contribution < 1.29 is 14.3 Å². The minimum atomic E-state index is -0.424. The van der Waals surface area contributed by atoms with Crippen LogP contribution in [0.2, 0.25) is 5.02 Å². The zero-order chi connectivity index (χ0) is 10.6. The maximum Gasteiger partial charge on any atom is 0.341 e. The molecule has 4 heteroatoms. The summed E-state index contributed by atoms with van der Waals surface area (Å²) in [6.45, 7) is 2.07. The van der Waals surface area contributed by atoms with Crippen LogP contribution >= 0.6 is 11.6 Å². The topological polar surface area (TPSA) is 35.5 Å². The summed E-state index contributed by atoms with van der Waals surface area (Å²) in [5.74, 6) is 0.0414. The van der Waals surface area contributed by atoms with Crippen LogP contribution in [0.15, 0.2) is 18.2 Å². The van der Waals surface area contributed by atoms with Crippen LogP contribution in [0, 0.1) is 0 Å². The summed E-state index contributed by atoms with van der Waals surface area (Å²) < 4.78 is 9.86. The van der Waals surface area contributed by atoms with E-state index in [1.807, 2.05) is 0 Å². The summed E-state index contributed by atoms with van der Waals surface area (Å²) in [4.78, 5) is 11.4. The lowest BCUT2D eigenvalue weighted by Crippen LogP contribution is -2.06. The third-order valence-electron chi connectivity index (χ3n) is 1.66. The van der Waals surface area contributed by atoms with Gasteiger partial charge < -0.3 is 9.47 Å². The molecule has 0 heterocycles. The van der Waals surface area contributed by atoms with Crippen LogP contribution in [0.25, 0.3) is 0 Å². The van der Waals surface area contributed by atoms with Crippen LogP contribution in [0.3, 0.4) is 0 Å². The first-order valence-corrected chi connectivity index (χ1v) is 4.57. The number of carbonyl (C=O) groups is 1. The Balaban J connectivity index is 3.03. The lowest BCUT2D eigenvalue weighted by Gasteiger charge is -2.07. The standard InChI is InChI=1S/C10H11ClO3/c1-3-14-10(12)8-6-7(11)4-5-9(8)13-2/h4-6H,3H2,1-2H3. The molecule has 0 atom stereocenters. The Morgan fingerprint density at radius 3 is 2.79 bits per heavy atom. The number of halogens is 1. The van der Waals surface area contributed by atoms with Gasteiger partial charge in [-0.3, -0.25) is 0 Å². The van der Waals surface area contributed by atoms with E-state index in [-0.39, 0.29) is 0 Å². The van der Waals surface area contributed by atoms with Crippen molar-refractivity contribution in [1.82, 2.24) is 0 Å². The highest BCUT2D eigenvalue weighted by molar-refractivity contribution is 6.31. The molecule has 14 heavy (non-hydrogen) atoms. The van der Waals surface area contributed by atoms with Gasteiger partial charge in [-0.15, -0.1) is 0 Å². The molecule has 1 aromatic carbocycles. The van der Waals surface area contributed by atoms with E-state index in [4.69, 9.17) is 21.1 Å². The molecule has 0 N–H and O–H groups in total. The Morgan fingerprint density at radius 1 is 1.50 bits per heavy atom. The average molecular weight is 215 g/mol. The van der Waals surface area contributed by atoms with Crippen LogP contribution in [0.5, 0.6) is 5.75 Å². The number of rotatable bonds is 3. The van der Waals surface area contributed by atoms with Crippen molar-refractivity contribution in [3.8, 4) is 5.75 Å². The molecule has 0 aliphatic rings. The van der Waals surface area contributed by atoms with E-state index in [1.54, 1.807) is 19.1 Å². The van der Waals surface area contributed by atoms with Gasteiger partial charge in [0.1, 0.15) is 11.3 Å². The summed E-state index contributed by atoms with van der Waals surface area (Å²) in [7, 11) is 1.49. The fraction of sp³-hybridized carbons (Fsp3) is 0.300. The van der Waals surface area contributed by atoms with E-state index >= 15 is 0 Å². The number of ether oxygens (including phenoxy) is 2. The molecule has 1 rings (SSSR count). The molecule has 76 valence electrons. The van der Waals surface area contributed by atoms with Gasteiger partial charge in [0.2, 0.25) is 0 Å². The molecule has 3 nitrogen and oxygen atoms in total. The van der Waals surface area contributed by atoms with Crippen LogP contribution in [0.1, 0.15) is 17.3 Å². The Morgan fingerprint density at radius 2 is 2.21 bits per heavy atom. The maximum absolute atomic E-state index is 11.4. The quantitative estimate of drug-likeness (QED) is 0.726. The summed E-state index contributed by atoms with van der Waals surface area (Å²) in [6, 6.07) is 4.82. The first kappa shape index (κ1) is 10.9. The summed E-state index contributed by atoms with van der Waals surface area (Å²) in [5.41, 5.74) is 0.349. The van der Waals surface area contributed by atoms with Crippen molar-refractivity contribution in [3.63, 3.8) is 0 Å².